The minimum absolute atomic E-state index is 0.910. The Balaban J connectivity index is 2.35. The van der Waals surface area contributed by atoms with Crippen molar-refractivity contribution in [2.75, 3.05) is 0 Å². The second-order valence-electron chi connectivity index (χ2n) is 4.80. The first-order valence-electron chi connectivity index (χ1n) is 6.60. The Labute approximate surface area is 110 Å². The monoisotopic (exact) mass is 250 g/mol. The van der Waals surface area contributed by atoms with Crippen molar-refractivity contribution in [1.29, 1.82) is 0 Å². The second kappa shape index (κ2) is 3.82. The standard InChI is InChI=1S/C15H14N4/c1-2-9-18-12-7-3-5-11-6-4-8-13(14(11)12)19-10-16-17-15(18)19/h3-8,10H,2,9H2,1H3. The largest absolute Gasteiger partial charge is 0.310 e. The molecule has 0 amide bonds. The molecule has 0 N–H and O–H groups in total. The van der Waals surface area contributed by atoms with Gasteiger partial charge >= 0.3 is 0 Å². The number of fused-ring (bicyclic) bond motifs is 2. The summed E-state index contributed by atoms with van der Waals surface area (Å²) in [5, 5.41) is 10.9. The molecule has 0 bridgehead atoms. The Hall–Kier alpha value is -2.36. The maximum atomic E-state index is 4.28. The van der Waals surface area contributed by atoms with Crippen LogP contribution in [-0.4, -0.2) is 19.2 Å². The summed E-state index contributed by atoms with van der Waals surface area (Å²) < 4.78 is 4.33. The number of benzene rings is 2. The van der Waals surface area contributed by atoms with E-state index in [0.717, 1.165) is 18.7 Å². The molecule has 4 rings (SSSR count). The second-order valence-corrected chi connectivity index (χ2v) is 4.80. The molecule has 0 saturated carbocycles. The topological polar surface area (TPSA) is 35.1 Å². The highest BCUT2D eigenvalue weighted by molar-refractivity contribution is 6.08. The molecule has 0 aliphatic rings. The number of hydrogen-bond acceptors (Lipinski definition) is 2. The van der Waals surface area contributed by atoms with Gasteiger partial charge in [-0.05, 0) is 23.9 Å². The number of aromatic nitrogens is 4. The van der Waals surface area contributed by atoms with E-state index in [9.17, 15) is 0 Å². The Morgan fingerprint density at radius 3 is 2.63 bits per heavy atom. The molecule has 4 heteroatoms. The predicted octanol–water partition coefficient (Wildman–Crippen LogP) is 3.25. The number of nitrogens with zero attached hydrogens (tertiary/aromatic N) is 4. The van der Waals surface area contributed by atoms with Gasteiger partial charge < -0.3 is 4.57 Å². The average molecular weight is 250 g/mol. The van der Waals surface area contributed by atoms with Crippen LogP contribution in [0.1, 0.15) is 13.3 Å². The van der Waals surface area contributed by atoms with Crippen LogP contribution in [0, 0.1) is 0 Å². The summed E-state index contributed by atoms with van der Waals surface area (Å²) in [4.78, 5) is 0. The van der Waals surface area contributed by atoms with Crippen LogP contribution in [-0.2, 0) is 6.54 Å². The van der Waals surface area contributed by atoms with Crippen molar-refractivity contribution in [3.05, 3.63) is 42.7 Å². The van der Waals surface area contributed by atoms with Crippen LogP contribution in [0.15, 0.2) is 42.7 Å². The Morgan fingerprint density at radius 1 is 1.05 bits per heavy atom. The van der Waals surface area contributed by atoms with Gasteiger partial charge in [0, 0.05) is 11.9 Å². The van der Waals surface area contributed by atoms with Crippen molar-refractivity contribution < 1.29 is 0 Å². The van der Waals surface area contributed by atoms with Gasteiger partial charge in [0.05, 0.1) is 11.0 Å². The zero-order valence-corrected chi connectivity index (χ0v) is 10.7. The van der Waals surface area contributed by atoms with E-state index in [1.165, 1.54) is 21.8 Å². The van der Waals surface area contributed by atoms with Crippen molar-refractivity contribution in [2.45, 2.75) is 19.9 Å². The maximum Gasteiger partial charge on any atom is 0.236 e. The van der Waals surface area contributed by atoms with Crippen molar-refractivity contribution >= 4 is 27.6 Å². The molecule has 2 heterocycles. The summed E-state index contributed by atoms with van der Waals surface area (Å²) in [5.74, 6) is 0.910. The van der Waals surface area contributed by atoms with Crippen LogP contribution in [0.4, 0.5) is 0 Å². The lowest BCUT2D eigenvalue weighted by atomic mass is 10.1. The van der Waals surface area contributed by atoms with Gasteiger partial charge in [-0.3, -0.25) is 4.40 Å². The molecule has 19 heavy (non-hydrogen) atoms. The lowest BCUT2D eigenvalue weighted by Crippen LogP contribution is -2.06. The van der Waals surface area contributed by atoms with Gasteiger partial charge in [0.15, 0.2) is 0 Å². The Bertz CT molecular complexity index is 880. The summed E-state index contributed by atoms with van der Waals surface area (Å²) in [6.07, 6.45) is 2.87. The number of rotatable bonds is 2. The molecule has 0 radical (unpaired) electrons. The molecular formula is C15H14N4. The van der Waals surface area contributed by atoms with Gasteiger partial charge in [0.1, 0.15) is 6.33 Å². The smallest absolute Gasteiger partial charge is 0.236 e. The van der Waals surface area contributed by atoms with Gasteiger partial charge in [-0.25, -0.2) is 0 Å². The van der Waals surface area contributed by atoms with Crippen molar-refractivity contribution in [2.24, 2.45) is 0 Å². The molecule has 2 aromatic heterocycles. The maximum absolute atomic E-state index is 4.28. The summed E-state index contributed by atoms with van der Waals surface area (Å²) in [6.45, 7) is 3.13. The number of hydrogen-bond donors (Lipinski definition) is 0. The lowest BCUT2D eigenvalue weighted by molar-refractivity contribution is 0.702. The molecule has 0 aliphatic heterocycles. The summed E-state index contributed by atoms with van der Waals surface area (Å²) in [6, 6.07) is 12.8. The van der Waals surface area contributed by atoms with Crippen LogP contribution in [0.2, 0.25) is 0 Å². The first kappa shape index (κ1) is 10.6. The van der Waals surface area contributed by atoms with Crippen LogP contribution in [0.5, 0.6) is 0 Å². The minimum atomic E-state index is 0.910. The highest BCUT2D eigenvalue weighted by Crippen LogP contribution is 2.28. The lowest BCUT2D eigenvalue weighted by Gasteiger charge is -2.15. The Kier molecular flexibility index (Phi) is 2.12. The SMILES string of the molecule is CCCn1c2cccc3cccc(c32)n2cnnc12. The van der Waals surface area contributed by atoms with E-state index in [4.69, 9.17) is 0 Å². The van der Waals surface area contributed by atoms with E-state index >= 15 is 0 Å². The van der Waals surface area contributed by atoms with Crippen molar-refractivity contribution in [1.82, 2.24) is 19.2 Å². The minimum Gasteiger partial charge on any atom is -0.310 e. The van der Waals surface area contributed by atoms with Crippen LogP contribution in [0.25, 0.3) is 27.6 Å². The van der Waals surface area contributed by atoms with Crippen LogP contribution >= 0.6 is 0 Å². The molecule has 94 valence electrons. The molecule has 0 unspecified atom stereocenters. The first-order chi connectivity index (χ1) is 9.40. The molecule has 0 saturated heterocycles. The van der Waals surface area contributed by atoms with E-state index in [2.05, 4.69) is 62.5 Å². The fraction of sp³-hybridized carbons (Fsp3) is 0.200. The van der Waals surface area contributed by atoms with E-state index in [0.29, 0.717) is 0 Å². The average Bonchev–Trinajstić information content (AvgIpc) is 2.93. The zero-order valence-electron chi connectivity index (χ0n) is 10.7. The fourth-order valence-electron chi connectivity index (χ4n) is 2.86. The Morgan fingerprint density at radius 2 is 1.84 bits per heavy atom. The summed E-state index contributed by atoms with van der Waals surface area (Å²) in [5.41, 5.74) is 2.40. The third-order valence-electron chi connectivity index (χ3n) is 3.63. The van der Waals surface area contributed by atoms with Crippen molar-refractivity contribution in [3.63, 3.8) is 0 Å². The van der Waals surface area contributed by atoms with Gasteiger partial charge in [0.25, 0.3) is 0 Å². The molecule has 4 aromatic rings. The fourth-order valence-corrected chi connectivity index (χ4v) is 2.86. The van der Waals surface area contributed by atoms with Crippen LogP contribution in [0.3, 0.4) is 0 Å². The van der Waals surface area contributed by atoms with Gasteiger partial charge in [0.2, 0.25) is 5.78 Å². The summed E-state index contributed by atoms with van der Waals surface area (Å²) >= 11 is 0. The normalized spacial score (nSPS) is 11.8. The van der Waals surface area contributed by atoms with Gasteiger partial charge in [-0.2, -0.15) is 0 Å². The molecular weight excluding hydrogens is 236 g/mol. The van der Waals surface area contributed by atoms with E-state index in [1.807, 2.05) is 0 Å². The molecule has 2 aromatic carbocycles. The quantitative estimate of drug-likeness (QED) is 0.547. The van der Waals surface area contributed by atoms with E-state index < -0.39 is 0 Å². The third kappa shape index (κ3) is 1.34. The highest BCUT2D eigenvalue weighted by Gasteiger charge is 2.11. The number of aryl methyl sites for hydroxylation is 1. The molecule has 0 aliphatic carbocycles. The first-order valence-corrected chi connectivity index (χ1v) is 6.60. The predicted molar refractivity (Wildman–Crippen MR) is 76.3 cm³/mol. The molecule has 0 fully saturated rings. The molecule has 0 atom stereocenters. The zero-order chi connectivity index (χ0) is 12.8. The highest BCUT2D eigenvalue weighted by atomic mass is 15.3. The van der Waals surface area contributed by atoms with E-state index in [-0.39, 0.29) is 0 Å². The molecule has 4 nitrogen and oxygen atoms in total. The van der Waals surface area contributed by atoms with Crippen molar-refractivity contribution in [3.8, 4) is 0 Å². The third-order valence-corrected chi connectivity index (χ3v) is 3.63. The van der Waals surface area contributed by atoms with Crippen LogP contribution < -0.4 is 0 Å². The van der Waals surface area contributed by atoms with E-state index in [1.54, 1.807) is 6.33 Å². The molecule has 0 spiro atoms. The van der Waals surface area contributed by atoms with Gasteiger partial charge in [-0.15, -0.1) is 10.2 Å². The summed E-state index contributed by atoms with van der Waals surface area (Å²) in [7, 11) is 0. The van der Waals surface area contributed by atoms with Gasteiger partial charge in [-0.1, -0.05) is 31.2 Å².